The number of alkyl halides is 6. The molecule has 0 bridgehead atoms. The largest absolute Gasteiger partial charge is 0.417 e. The van der Waals surface area contributed by atoms with Crippen molar-refractivity contribution in [1.82, 2.24) is 0 Å². The van der Waals surface area contributed by atoms with E-state index in [0.29, 0.717) is 18.2 Å². The van der Waals surface area contributed by atoms with Gasteiger partial charge in [-0.05, 0) is 45.4 Å². The number of fused-ring (bicyclic) bond motifs is 3. The molecule has 0 aliphatic heterocycles. The summed E-state index contributed by atoms with van der Waals surface area (Å²) in [6, 6.07) is 6.22. The number of nitriles is 4. The van der Waals surface area contributed by atoms with Crippen molar-refractivity contribution in [3.8, 4) is 24.3 Å². The first kappa shape index (κ1) is 25.6. The molecular formula is C26H5F9N4. The molecule has 0 N–H and O–H groups in total. The Balaban J connectivity index is 2.13. The van der Waals surface area contributed by atoms with Crippen LogP contribution in [-0.4, -0.2) is 6.18 Å². The van der Waals surface area contributed by atoms with Gasteiger partial charge in [-0.1, -0.05) is 0 Å². The van der Waals surface area contributed by atoms with Crippen LogP contribution < -0.4 is 10.4 Å². The molecule has 2 atom stereocenters. The smallest absolute Gasteiger partial charge is 0.209 e. The Morgan fingerprint density at radius 1 is 0.667 bits per heavy atom. The predicted octanol–water partition coefficient (Wildman–Crippen LogP) is 5.19. The van der Waals surface area contributed by atoms with E-state index in [1.54, 1.807) is 0 Å². The summed E-state index contributed by atoms with van der Waals surface area (Å²) < 4.78 is 130. The zero-order valence-corrected chi connectivity index (χ0v) is 18.6. The van der Waals surface area contributed by atoms with E-state index in [1.165, 1.54) is 18.2 Å². The quantitative estimate of drug-likeness (QED) is 0.420. The monoisotopic (exact) mass is 544 g/mol. The third-order valence-electron chi connectivity index (χ3n) is 6.86. The molecule has 39 heavy (non-hydrogen) atoms. The summed E-state index contributed by atoms with van der Waals surface area (Å²) in [7, 11) is 0. The van der Waals surface area contributed by atoms with E-state index in [1.807, 2.05) is 0 Å². The Morgan fingerprint density at radius 2 is 1.31 bits per heavy atom. The second-order valence-electron chi connectivity index (χ2n) is 8.65. The first-order chi connectivity index (χ1) is 18.2. The third kappa shape index (κ3) is 3.23. The highest BCUT2D eigenvalue weighted by Crippen LogP contribution is 2.60. The standard InChI is InChI=1S/C26H5F9N4/c27-22-14(7-39)23(28)24(29)18-13(6-38)16-12-3-15(25(30,31)32)8(4-36)1-10(12)11-2-9(5-37)21(26(33,34)35)19(17(11)16)20(18)22/h1-3,17,20H. The number of benzene rings is 1. The molecule has 0 saturated carbocycles. The molecular weight excluding hydrogens is 539 g/mol. The molecule has 5 rings (SSSR count). The highest BCUT2D eigenvalue weighted by atomic mass is 19.4. The van der Waals surface area contributed by atoms with Gasteiger partial charge in [-0.2, -0.15) is 47.4 Å². The van der Waals surface area contributed by atoms with Crippen molar-refractivity contribution >= 4 is 11.1 Å². The van der Waals surface area contributed by atoms with Gasteiger partial charge >= 0.3 is 12.4 Å². The summed E-state index contributed by atoms with van der Waals surface area (Å²) >= 11 is 0. The first-order valence-corrected chi connectivity index (χ1v) is 10.6. The lowest BCUT2D eigenvalue weighted by atomic mass is 9.62. The van der Waals surface area contributed by atoms with Crippen LogP contribution in [0, 0.1) is 57.2 Å². The minimum Gasteiger partial charge on any atom is -0.209 e. The van der Waals surface area contributed by atoms with Gasteiger partial charge in [0.2, 0.25) is 0 Å². The number of hydrogen-bond donors (Lipinski definition) is 0. The zero-order valence-electron chi connectivity index (χ0n) is 18.6. The van der Waals surface area contributed by atoms with Crippen molar-refractivity contribution in [1.29, 1.82) is 21.0 Å². The van der Waals surface area contributed by atoms with Crippen LogP contribution in [0.4, 0.5) is 39.5 Å². The molecule has 192 valence electrons. The molecule has 4 nitrogen and oxygen atoms in total. The predicted molar refractivity (Wildman–Crippen MR) is 112 cm³/mol. The van der Waals surface area contributed by atoms with Gasteiger partial charge in [0.1, 0.15) is 17.5 Å². The molecule has 0 aromatic heterocycles. The fourth-order valence-corrected chi connectivity index (χ4v) is 5.51. The Bertz CT molecular complexity index is 1900. The highest BCUT2D eigenvalue weighted by molar-refractivity contribution is 5.96. The topological polar surface area (TPSA) is 95.2 Å². The minimum atomic E-state index is -5.41. The molecule has 0 amide bonds. The second-order valence-corrected chi connectivity index (χ2v) is 8.65. The molecule has 4 aliphatic rings. The summed E-state index contributed by atoms with van der Waals surface area (Å²) in [5.74, 6) is -10.3. The van der Waals surface area contributed by atoms with Crippen LogP contribution in [0.15, 0.2) is 69.1 Å². The second kappa shape index (κ2) is 7.99. The Hall–Kier alpha value is -5.01. The lowest BCUT2D eigenvalue weighted by Gasteiger charge is -2.40. The molecule has 0 radical (unpaired) electrons. The lowest BCUT2D eigenvalue weighted by molar-refractivity contribution is -0.137. The van der Waals surface area contributed by atoms with Crippen LogP contribution in [0.3, 0.4) is 0 Å². The maximum absolute atomic E-state index is 15.6. The average Bonchev–Trinajstić information content (AvgIpc) is 3.19. The summed E-state index contributed by atoms with van der Waals surface area (Å²) in [4.78, 5) is 0. The van der Waals surface area contributed by atoms with Gasteiger partial charge < -0.3 is 0 Å². The van der Waals surface area contributed by atoms with Gasteiger partial charge in [0, 0.05) is 11.5 Å². The number of nitrogens with zero attached hydrogens (tertiary/aromatic N) is 4. The lowest BCUT2D eigenvalue weighted by Crippen LogP contribution is -2.34. The molecule has 0 spiro atoms. The van der Waals surface area contributed by atoms with Crippen molar-refractivity contribution in [2.24, 2.45) is 11.8 Å². The molecule has 13 heteroatoms. The summed E-state index contributed by atoms with van der Waals surface area (Å²) in [6.07, 6.45) is -9.85. The SMILES string of the molecule is N#CC1=CC2=c3cc(C#N)c(C(F)(F)F)cc3=C3C(C#N)=C4C(F)=C(F)C(C#N)=C(F)C4C(=C1C(F)(F)F)C23. The number of rotatable bonds is 0. The van der Waals surface area contributed by atoms with Gasteiger partial charge in [-0.25, -0.2) is 13.2 Å². The molecule has 0 fully saturated rings. The van der Waals surface area contributed by atoms with Crippen LogP contribution in [0.1, 0.15) is 11.1 Å². The van der Waals surface area contributed by atoms with E-state index in [9.17, 15) is 51.8 Å². The Kier molecular flexibility index (Phi) is 5.25. The van der Waals surface area contributed by atoms with Gasteiger partial charge in [0.05, 0.1) is 52.0 Å². The van der Waals surface area contributed by atoms with Crippen LogP contribution in [-0.2, 0) is 6.18 Å². The maximum atomic E-state index is 15.6. The van der Waals surface area contributed by atoms with Gasteiger partial charge in [-0.3, -0.25) is 0 Å². The number of hydrogen-bond acceptors (Lipinski definition) is 4. The Morgan fingerprint density at radius 3 is 1.82 bits per heavy atom. The zero-order chi connectivity index (χ0) is 28.8. The van der Waals surface area contributed by atoms with E-state index in [4.69, 9.17) is 0 Å². The summed E-state index contributed by atoms with van der Waals surface area (Å²) in [5, 5.41) is 37.2. The summed E-state index contributed by atoms with van der Waals surface area (Å²) in [6.45, 7) is 0. The fraction of sp³-hybridized carbons (Fsp3) is 0.154. The molecule has 4 aliphatic carbocycles. The van der Waals surface area contributed by atoms with E-state index in [0.717, 1.165) is 6.07 Å². The molecule has 0 saturated heterocycles. The van der Waals surface area contributed by atoms with Crippen LogP contribution in [0.25, 0.3) is 11.1 Å². The minimum absolute atomic E-state index is 0.279. The van der Waals surface area contributed by atoms with E-state index in [2.05, 4.69) is 0 Å². The van der Waals surface area contributed by atoms with Gasteiger partial charge in [-0.15, -0.1) is 0 Å². The van der Waals surface area contributed by atoms with Crippen molar-refractivity contribution in [3.05, 3.63) is 90.7 Å². The number of allylic oxidation sites excluding steroid dienone is 10. The van der Waals surface area contributed by atoms with Crippen LogP contribution >= 0.6 is 0 Å². The van der Waals surface area contributed by atoms with E-state index >= 15 is 8.78 Å². The van der Waals surface area contributed by atoms with Crippen molar-refractivity contribution in [3.63, 3.8) is 0 Å². The Labute approximate surface area is 211 Å². The van der Waals surface area contributed by atoms with Crippen molar-refractivity contribution in [2.75, 3.05) is 0 Å². The molecule has 1 aromatic rings. The fourth-order valence-electron chi connectivity index (χ4n) is 5.51. The summed E-state index contributed by atoms with van der Waals surface area (Å²) in [5.41, 5.74) is -11.1. The maximum Gasteiger partial charge on any atom is 0.417 e. The van der Waals surface area contributed by atoms with E-state index in [-0.39, 0.29) is 10.8 Å². The highest BCUT2D eigenvalue weighted by Gasteiger charge is 2.55. The average molecular weight is 544 g/mol. The van der Waals surface area contributed by atoms with Gasteiger partial charge in [0.25, 0.3) is 0 Å². The molecule has 0 heterocycles. The van der Waals surface area contributed by atoms with E-state index < -0.39 is 97.0 Å². The van der Waals surface area contributed by atoms with Crippen LogP contribution in [0.2, 0.25) is 0 Å². The van der Waals surface area contributed by atoms with Crippen molar-refractivity contribution in [2.45, 2.75) is 12.4 Å². The van der Waals surface area contributed by atoms with Crippen LogP contribution in [0.5, 0.6) is 0 Å². The van der Waals surface area contributed by atoms with Gasteiger partial charge in [0.15, 0.2) is 11.7 Å². The normalized spacial score (nSPS) is 22.0. The first-order valence-electron chi connectivity index (χ1n) is 10.6. The van der Waals surface area contributed by atoms with Crippen molar-refractivity contribution < 1.29 is 39.5 Å². The molecule has 2 unspecified atom stereocenters. The third-order valence-corrected chi connectivity index (χ3v) is 6.86. The molecule has 1 aromatic carbocycles. The number of halogens is 9.